The SMILES string of the molecule is C=CCn1c(SCC(=O)Nc2nc(-c3ccccc3)c(C)s2)nnc1[C@H](NC(=O)c1ccc(C)cc1)C(C)C. The van der Waals surface area contributed by atoms with E-state index in [0.29, 0.717) is 28.2 Å². The summed E-state index contributed by atoms with van der Waals surface area (Å²) in [6, 6.07) is 17.0. The Bertz CT molecular complexity index is 1440. The number of aryl methyl sites for hydroxylation is 2. The molecule has 0 aliphatic heterocycles. The number of nitrogens with one attached hydrogen (secondary N) is 2. The molecule has 8 nitrogen and oxygen atoms in total. The van der Waals surface area contributed by atoms with E-state index in [0.717, 1.165) is 21.7 Å². The Kier molecular flexibility index (Phi) is 9.32. The quantitative estimate of drug-likeness (QED) is 0.171. The smallest absolute Gasteiger partial charge is 0.251 e. The van der Waals surface area contributed by atoms with Crippen LogP contribution < -0.4 is 10.6 Å². The van der Waals surface area contributed by atoms with Crippen LogP contribution in [0, 0.1) is 19.8 Å². The second kappa shape index (κ2) is 12.9. The van der Waals surface area contributed by atoms with Crippen molar-refractivity contribution in [1.29, 1.82) is 0 Å². The predicted molar refractivity (Wildman–Crippen MR) is 158 cm³/mol. The normalized spacial score (nSPS) is 11.8. The van der Waals surface area contributed by atoms with Gasteiger partial charge in [-0.05, 0) is 31.9 Å². The van der Waals surface area contributed by atoms with Crippen LogP contribution in [-0.4, -0.2) is 37.3 Å². The minimum atomic E-state index is -0.371. The third kappa shape index (κ3) is 7.01. The van der Waals surface area contributed by atoms with Gasteiger partial charge in [0.15, 0.2) is 16.1 Å². The van der Waals surface area contributed by atoms with Crippen LogP contribution in [0.25, 0.3) is 11.3 Å². The molecule has 0 fully saturated rings. The molecule has 202 valence electrons. The van der Waals surface area contributed by atoms with Gasteiger partial charge in [-0.1, -0.05) is 79.7 Å². The third-order valence-electron chi connectivity index (χ3n) is 6.02. The zero-order chi connectivity index (χ0) is 27.9. The van der Waals surface area contributed by atoms with Crippen molar-refractivity contribution in [3.63, 3.8) is 0 Å². The topological polar surface area (TPSA) is 102 Å². The highest BCUT2D eigenvalue weighted by atomic mass is 32.2. The van der Waals surface area contributed by atoms with Crippen molar-refractivity contribution < 1.29 is 9.59 Å². The number of thiazole rings is 1. The Labute approximate surface area is 237 Å². The van der Waals surface area contributed by atoms with Crippen LogP contribution in [0.1, 0.15) is 46.5 Å². The van der Waals surface area contributed by atoms with Gasteiger partial charge in [0.2, 0.25) is 5.91 Å². The predicted octanol–water partition coefficient (Wildman–Crippen LogP) is 6.06. The first-order valence-corrected chi connectivity index (χ1v) is 14.4. The molecule has 2 heterocycles. The highest BCUT2D eigenvalue weighted by Crippen LogP contribution is 2.31. The summed E-state index contributed by atoms with van der Waals surface area (Å²) in [7, 11) is 0. The van der Waals surface area contributed by atoms with Crippen LogP contribution in [0.4, 0.5) is 5.13 Å². The van der Waals surface area contributed by atoms with Gasteiger partial charge in [-0.25, -0.2) is 4.98 Å². The van der Waals surface area contributed by atoms with Gasteiger partial charge in [0.25, 0.3) is 5.91 Å². The molecule has 0 saturated heterocycles. The summed E-state index contributed by atoms with van der Waals surface area (Å²) < 4.78 is 1.89. The molecule has 2 N–H and O–H groups in total. The summed E-state index contributed by atoms with van der Waals surface area (Å²) in [5, 5.41) is 15.9. The van der Waals surface area contributed by atoms with Gasteiger partial charge in [0, 0.05) is 22.5 Å². The molecule has 0 spiro atoms. The van der Waals surface area contributed by atoms with Gasteiger partial charge < -0.3 is 15.2 Å². The number of rotatable bonds is 11. The molecule has 1 atom stereocenters. The van der Waals surface area contributed by atoms with Gasteiger partial charge in [-0.2, -0.15) is 0 Å². The standard InChI is InChI=1S/C29H32N6O2S2/c1-6-16-35-26(24(18(2)3)31-27(37)22-14-12-19(4)13-15-22)33-34-29(35)38-17-23(36)30-28-32-25(20(5)39-28)21-10-8-7-9-11-21/h6-15,18,24H,1,16-17H2,2-5H3,(H,31,37)(H,30,32,36)/t24-/m1/s1. The molecule has 2 aromatic heterocycles. The number of anilines is 1. The first-order chi connectivity index (χ1) is 18.8. The molecule has 0 radical (unpaired) electrons. The van der Waals surface area contributed by atoms with Crippen LogP contribution in [0.5, 0.6) is 0 Å². The van der Waals surface area contributed by atoms with Gasteiger partial charge in [-0.3, -0.25) is 9.59 Å². The fourth-order valence-corrected chi connectivity index (χ4v) is 5.60. The van der Waals surface area contributed by atoms with Gasteiger partial charge in [0.05, 0.1) is 17.5 Å². The number of allylic oxidation sites excluding steroid dienone is 1. The maximum Gasteiger partial charge on any atom is 0.251 e. The molecule has 10 heteroatoms. The van der Waals surface area contributed by atoms with Crippen LogP contribution in [0.2, 0.25) is 0 Å². The van der Waals surface area contributed by atoms with Crippen molar-refractivity contribution in [3.05, 3.63) is 89.1 Å². The average Bonchev–Trinajstić information content (AvgIpc) is 3.49. The first kappa shape index (κ1) is 28.3. The maximum atomic E-state index is 13.0. The zero-order valence-corrected chi connectivity index (χ0v) is 24.1. The number of carbonyl (C=O) groups excluding carboxylic acids is 2. The largest absolute Gasteiger partial charge is 0.342 e. The van der Waals surface area contributed by atoms with E-state index in [1.165, 1.54) is 23.1 Å². The molecule has 0 bridgehead atoms. The van der Waals surface area contributed by atoms with Crippen molar-refractivity contribution in [2.75, 3.05) is 11.1 Å². The first-order valence-electron chi connectivity index (χ1n) is 12.6. The highest BCUT2D eigenvalue weighted by Gasteiger charge is 2.26. The summed E-state index contributed by atoms with van der Waals surface area (Å²) in [5.74, 6) is 0.452. The van der Waals surface area contributed by atoms with E-state index >= 15 is 0 Å². The van der Waals surface area contributed by atoms with E-state index in [4.69, 9.17) is 0 Å². The molecule has 0 saturated carbocycles. The fraction of sp³-hybridized carbons (Fsp3) is 0.276. The number of nitrogens with zero attached hydrogens (tertiary/aromatic N) is 4. The number of hydrogen-bond donors (Lipinski definition) is 2. The molecule has 2 amide bonds. The van der Waals surface area contributed by atoms with Crippen LogP contribution in [-0.2, 0) is 11.3 Å². The van der Waals surface area contributed by atoms with Crippen molar-refractivity contribution >= 4 is 40.0 Å². The Morgan fingerprint density at radius 2 is 1.79 bits per heavy atom. The van der Waals surface area contributed by atoms with E-state index in [2.05, 4.69) is 32.4 Å². The molecule has 0 aliphatic carbocycles. The maximum absolute atomic E-state index is 13.0. The Morgan fingerprint density at radius 1 is 1.08 bits per heavy atom. The van der Waals surface area contributed by atoms with Crippen LogP contribution in [0.15, 0.2) is 72.4 Å². The Morgan fingerprint density at radius 3 is 2.46 bits per heavy atom. The van der Waals surface area contributed by atoms with Crippen LogP contribution >= 0.6 is 23.1 Å². The lowest BCUT2D eigenvalue weighted by atomic mass is 10.0. The van der Waals surface area contributed by atoms with E-state index < -0.39 is 0 Å². The number of benzene rings is 2. The molecule has 0 aliphatic rings. The van der Waals surface area contributed by atoms with Crippen molar-refractivity contribution in [1.82, 2.24) is 25.1 Å². The lowest BCUT2D eigenvalue weighted by molar-refractivity contribution is -0.113. The lowest BCUT2D eigenvalue weighted by Crippen LogP contribution is -2.33. The fourth-order valence-electron chi connectivity index (χ4n) is 4.00. The summed E-state index contributed by atoms with van der Waals surface area (Å²) in [4.78, 5) is 31.4. The molecule has 2 aromatic carbocycles. The summed E-state index contributed by atoms with van der Waals surface area (Å²) in [6.45, 7) is 12.3. The van der Waals surface area contributed by atoms with Gasteiger partial charge >= 0.3 is 0 Å². The zero-order valence-electron chi connectivity index (χ0n) is 22.5. The summed E-state index contributed by atoms with van der Waals surface area (Å²) >= 11 is 2.73. The molecule has 4 aromatic rings. The van der Waals surface area contributed by atoms with Crippen molar-refractivity contribution in [2.24, 2.45) is 5.92 Å². The number of carbonyl (C=O) groups is 2. The number of aromatic nitrogens is 4. The van der Waals surface area contributed by atoms with E-state index in [1.807, 2.05) is 86.9 Å². The highest BCUT2D eigenvalue weighted by molar-refractivity contribution is 7.99. The molecule has 39 heavy (non-hydrogen) atoms. The Hall–Kier alpha value is -3.76. The summed E-state index contributed by atoms with van der Waals surface area (Å²) in [6.07, 6.45) is 1.75. The monoisotopic (exact) mass is 560 g/mol. The molecular formula is C29H32N6O2S2. The summed E-state index contributed by atoms with van der Waals surface area (Å²) in [5.41, 5.74) is 3.55. The van der Waals surface area contributed by atoms with Gasteiger partial charge in [-0.15, -0.1) is 28.1 Å². The van der Waals surface area contributed by atoms with Crippen molar-refractivity contribution in [2.45, 2.75) is 45.4 Å². The minimum absolute atomic E-state index is 0.0558. The number of thioether (sulfide) groups is 1. The molecule has 0 unspecified atom stereocenters. The number of hydrogen-bond acceptors (Lipinski definition) is 7. The minimum Gasteiger partial charge on any atom is -0.342 e. The van der Waals surface area contributed by atoms with Gasteiger partial charge in [0.1, 0.15) is 0 Å². The second-order valence-electron chi connectivity index (χ2n) is 9.43. The Balaban J connectivity index is 1.45. The van der Waals surface area contributed by atoms with Crippen molar-refractivity contribution in [3.8, 4) is 11.3 Å². The lowest BCUT2D eigenvalue weighted by Gasteiger charge is -2.22. The average molecular weight is 561 g/mol. The second-order valence-corrected chi connectivity index (χ2v) is 11.6. The molecular weight excluding hydrogens is 528 g/mol. The van der Waals surface area contributed by atoms with Crippen LogP contribution in [0.3, 0.4) is 0 Å². The molecule has 4 rings (SSSR count). The van der Waals surface area contributed by atoms with E-state index in [1.54, 1.807) is 6.08 Å². The number of amides is 2. The third-order valence-corrected chi connectivity index (χ3v) is 7.88. The van der Waals surface area contributed by atoms with E-state index in [-0.39, 0.29) is 29.5 Å². The van der Waals surface area contributed by atoms with E-state index in [9.17, 15) is 9.59 Å².